The fourth-order valence-corrected chi connectivity index (χ4v) is 5.14. The number of thioether (sulfide) groups is 1. The Kier molecular flexibility index (Phi) is 8.41. The molecular weight excluding hydrogens is 494 g/mol. The number of sulfonamides is 1. The van der Waals surface area contributed by atoms with Crippen LogP contribution >= 0.6 is 11.8 Å². The van der Waals surface area contributed by atoms with Crippen molar-refractivity contribution in [2.45, 2.75) is 36.2 Å². The van der Waals surface area contributed by atoms with Crippen LogP contribution in [-0.2, 0) is 27.7 Å². The second-order valence-electron chi connectivity index (χ2n) is 7.34. The van der Waals surface area contributed by atoms with E-state index in [1.807, 2.05) is 23.8 Å². The second kappa shape index (κ2) is 11.3. The van der Waals surface area contributed by atoms with E-state index in [9.17, 15) is 23.1 Å². The Labute approximate surface area is 207 Å². The van der Waals surface area contributed by atoms with E-state index in [2.05, 4.69) is 9.72 Å². The third kappa shape index (κ3) is 6.14. The zero-order valence-corrected chi connectivity index (χ0v) is 21.0. The minimum Gasteiger partial charge on any atom is -0.452 e. The number of benzene rings is 2. The Morgan fingerprint density at radius 3 is 2.43 bits per heavy atom. The maximum absolute atomic E-state index is 12.7. The minimum atomic E-state index is -4.15. The molecule has 10 nitrogen and oxygen atoms in total. The molecule has 2 aromatic carbocycles. The lowest BCUT2D eigenvalue weighted by atomic mass is 10.0. The molecule has 1 amide bonds. The quantitative estimate of drug-likeness (QED) is 0.312. The Balaban J connectivity index is 1.96. The molecule has 0 radical (unpaired) electrons. The molecule has 186 valence electrons. The predicted octanol–water partition coefficient (Wildman–Crippen LogP) is 4.37. The number of aryl methyl sites for hydroxylation is 1. The van der Waals surface area contributed by atoms with E-state index in [1.54, 1.807) is 41.2 Å². The van der Waals surface area contributed by atoms with Gasteiger partial charge in [-0.05, 0) is 29.9 Å². The van der Waals surface area contributed by atoms with Crippen molar-refractivity contribution in [3.8, 4) is 17.0 Å². The van der Waals surface area contributed by atoms with Gasteiger partial charge in [-0.25, -0.2) is 27.7 Å². The lowest BCUT2D eigenvalue weighted by Crippen LogP contribution is -2.30. The van der Waals surface area contributed by atoms with Crippen LogP contribution in [0.15, 0.2) is 58.5 Å². The van der Waals surface area contributed by atoms with Gasteiger partial charge >= 0.3 is 12.2 Å². The van der Waals surface area contributed by atoms with Crippen molar-refractivity contribution in [2.24, 2.45) is 0 Å². The van der Waals surface area contributed by atoms with Gasteiger partial charge in [0.15, 0.2) is 5.03 Å². The van der Waals surface area contributed by atoms with E-state index in [-0.39, 0.29) is 10.8 Å². The summed E-state index contributed by atoms with van der Waals surface area (Å²) < 4.78 is 38.4. The number of ether oxygens (including phenoxy) is 2. The van der Waals surface area contributed by atoms with Gasteiger partial charge in [0.1, 0.15) is 5.82 Å². The van der Waals surface area contributed by atoms with Crippen molar-refractivity contribution >= 4 is 34.0 Å². The summed E-state index contributed by atoms with van der Waals surface area (Å²) in [7, 11) is -3.07. The first kappa shape index (κ1) is 26.1. The molecule has 3 aromatic rings. The van der Waals surface area contributed by atoms with Crippen LogP contribution < -0.4 is 9.46 Å². The highest BCUT2D eigenvalue weighted by Crippen LogP contribution is 2.31. The fourth-order valence-electron chi connectivity index (χ4n) is 3.47. The molecule has 0 aliphatic rings. The van der Waals surface area contributed by atoms with Gasteiger partial charge in [-0.15, -0.1) is 11.8 Å². The molecule has 35 heavy (non-hydrogen) atoms. The topological polar surface area (TPSA) is 137 Å². The molecule has 1 heterocycles. The molecule has 0 unspecified atom stereocenters. The number of aromatic nitrogens is 2. The summed E-state index contributed by atoms with van der Waals surface area (Å²) in [5, 5.41) is 9.68. The molecule has 0 aliphatic carbocycles. The number of carbonyl (C=O) groups excluding carboxylic acids is 1. The number of carboxylic acid groups (broad SMARTS) is 1. The molecule has 0 saturated heterocycles. The number of carbonyl (C=O) groups is 2. The van der Waals surface area contributed by atoms with Crippen LogP contribution in [-0.4, -0.2) is 48.7 Å². The molecule has 0 atom stereocenters. The van der Waals surface area contributed by atoms with E-state index in [4.69, 9.17) is 4.74 Å². The van der Waals surface area contributed by atoms with Gasteiger partial charge < -0.3 is 14.6 Å². The van der Waals surface area contributed by atoms with E-state index >= 15 is 0 Å². The highest BCUT2D eigenvalue weighted by molar-refractivity contribution is 7.98. The third-order valence-corrected chi connectivity index (χ3v) is 7.03. The van der Waals surface area contributed by atoms with Gasteiger partial charge in [-0.2, -0.15) is 0 Å². The summed E-state index contributed by atoms with van der Waals surface area (Å²) in [6, 6.07) is 13.4. The average molecular weight is 520 g/mol. The smallest absolute Gasteiger partial charge is 0.452 e. The first-order valence-electron chi connectivity index (χ1n) is 10.5. The second-order valence-corrected chi connectivity index (χ2v) is 9.78. The van der Waals surface area contributed by atoms with E-state index in [0.29, 0.717) is 34.9 Å². The van der Waals surface area contributed by atoms with Crippen LogP contribution in [0.5, 0.6) is 5.88 Å². The van der Waals surface area contributed by atoms with E-state index in [0.717, 1.165) is 19.1 Å². The van der Waals surface area contributed by atoms with Crippen LogP contribution in [0, 0.1) is 0 Å². The van der Waals surface area contributed by atoms with Gasteiger partial charge in [-0.3, -0.25) is 4.57 Å². The van der Waals surface area contributed by atoms with E-state index in [1.165, 1.54) is 17.8 Å². The maximum Gasteiger partial charge on any atom is 0.512 e. The molecule has 3 rings (SSSR count). The average Bonchev–Trinajstić information content (AvgIpc) is 3.14. The third-order valence-electron chi connectivity index (χ3n) is 5.01. The highest BCUT2D eigenvalue weighted by Gasteiger charge is 2.23. The number of hydrogen-bond donors (Lipinski definition) is 2. The fraction of sp³-hybridized carbons (Fsp3) is 0.261. The van der Waals surface area contributed by atoms with Crippen molar-refractivity contribution in [3.63, 3.8) is 0 Å². The SMILES string of the molecule is CCCc1nc(SC)c(OC(=O)O)n1Cc1ccc(-c2ccccc2S(=O)(=O)NC(=O)OC)cc1. The van der Waals surface area contributed by atoms with Gasteiger partial charge in [0.25, 0.3) is 10.0 Å². The van der Waals surface area contributed by atoms with Crippen molar-refractivity contribution in [2.75, 3.05) is 13.4 Å². The van der Waals surface area contributed by atoms with Crippen molar-refractivity contribution < 1.29 is 32.6 Å². The normalized spacial score (nSPS) is 11.2. The first-order chi connectivity index (χ1) is 16.7. The minimum absolute atomic E-state index is 0.0697. The number of methoxy groups -OCH3 is 1. The number of amides is 1. The van der Waals surface area contributed by atoms with Crippen LogP contribution in [0.1, 0.15) is 24.7 Å². The summed E-state index contributed by atoms with van der Waals surface area (Å²) in [6.07, 6.45) is 0.765. The Morgan fingerprint density at radius 2 is 1.83 bits per heavy atom. The first-order valence-corrected chi connectivity index (χ1v) is 13.2. The number of hydrogen-bond acceptors (Lipinski definition) is 8. The van der Waals surface area contributed by atoms with Crippen molar-refractivity contribution in [3.05, 3.63) is 59.9 Å². The molecule has 0 aliphatic heterocycles. The summed E-state index contributed by atoms with van der Waals surface area (Å²) in [5.41, 5.74) is 1.86. The largest absolute Gasteiger partial charge is 0.512 e. The Hall–Kier alpha value is -3.51. The van der Waals surface area contributed by atoms with Gasteiger partial charge in [0.2, 0.25) is 5.88 Å². The molecule has 12 heteroatoms. The van der Waals surface area contributed by atoms with Gasteiger partial charge in [0, 0.05) is 12.0 Å². The molecule has 0 spiro atoms. The van der Waals surface area contributed by atoms with Crippen LogP contribution in [0.4, 0.5) is 9.59 Å². The molecule has 2 N–H and O–H groups in total. The number of imidazole rings is 1. The van der Waals surface area contributed by atoms with Gasteiger partial charge in [0.05, 0.1) is 18.6 Å². The summed E-state index contributed by atoms with van der Waals surface area (Å²) in [6.45, 7) is 2.32. The molecule has 0 saturated carbocycles. The van der Waals surface area contributed by atoms with Crippen LogP contribution in [0.3, 0.4) is 0 Å². The lowest BCUT2D eigenvalue weighted by molar-refractivity contribution is 0.139. The maximum atomic E-state index is 12.7. The lowest BCUT2D eigenvalue weighted by Gasteiger charge is -2.13. The van der Waals surface area contributed by atoms with Crippen molar-refractivity contribution in [1.29, 1.82) is 0 Å². The molecule has 1 aromatic heterocycles. The van der Waals surface area contributed by atoms with Crippen molar-refractivity contribution in [1.82, 2.24) is 14.3 Å². The standard InChI is InChI=1S/C23H25N3O7S2/c1-4-7-19-24-20(34-3)21(33-23(28)29)26(19)14-15-10-12-16(13-11-15)17-8-5-6-9-18(17)35(30,31)25-22(27)32-2/h5-6,8-13H,4,7,14H2,1-3H3,(H,25,27)(H,28,29). The molecular formula is C23H25N3O7S2. The van der Waals surface area contributed by atoms with E-state index < -0.39 is 22.3 Å². The summed E-state index contributed by atoms with van der Waals surface area (Å²) in [5.74, 6) is 0.880. The summed E-state index contributed by atoms with van der Waals surface area (Å²) in [4.78, 5) is 27.2. The Bertz CT molecular complexity index is 1320. The zero-order chi connectivity index (χ0) is 25.6. The Morgan fingerprint density at radius 1 is 1.14 bits per heavy atom. The zero-order valence-electron chi connectivity index (χ0n) is 19.3. The number of nitrogens with zero attached hydrogens (tertiary/aromatic N) is 2. The number of rotatable bonds is 9. The van der Waals surface area contributed by atoms with Gasteiger partial charge in [-0.1, -0.05) is 49.4 Å². The predicted molar refractivity (Wildman–Crippen MR) is 130 cm³/mol. The monoisotopic (exact) mass is 519 g/mol. The van der Waals surface area contributed by atoms with Crippen LogP contribution in [0.25, 0.3) is 11.1 Å². The molecule has 0 fully saturated rings. The summed E-state index contributed by atoms with van der Waals surface area (Å²) >= 11 is 1.30. The molecule has 0 bridgehead atoms. The number of nitrogens with one attached hydrogen (secondary N) is 1. The van der Waals surface area contributed by atoms with Crippen LogP contribution in [0.2, 0.25) is 0 Å². The highest BCUT2D eigenvalue weighted by atomic mass is 32.2.